The molecule has 0 radical (unpaired) electrons. The molecule has 0 atom stereocenters. The number of aromatic hydroxyl groups is 1. The number of benzene rings is 2. The van der Waals surface area contributed by atoms with E-state index in [1.54, 1.807) is 22.8 Å². The number of hydrogen-bond acceptors (Lipinski definition) is 5. The van der Waals surface area contributed by atoms with E-state index in [1.807, 2.05) is 0 Å². The molecule has 3 aromatic rings. The van der Waals surface area contributed by atoms with Crippen molar-refractivity contribution in [3.8, 4) is 17.1 Å². The molecule has 1 aromatic heterocycles. The Labute approximate surface area is 198 Å². The van der Waals surface area contributed by atoms with Crippen molar-refractivity contribution in [1.82, 2.24) is 14.8 Å². The van der Waals surface area contributed by atoms with Crippen LogP contribution in [0, 0.1) is 0 Å². The van der Waals surface area contributed by atoms with Crippen molar-refractivity contribution < 1.29 is 23.1 Å². The first kappa shape index (κ1) is 24.1. The Kier molecular flexibility index (Phi) is 7.52. The standard InChI is InChI=1S/C20H15BrClF3N4O2S/c1-2-7-29-18(13-9-12(21)4-6-16(13)30)27-28-19(29)32-10-17(31)26-15-8-11(20(23,24)25)3-5-14(15)22/h2-6,8-9,30H,1,7,10H2,(H,26,31). The van der Waals surface area contributed by atoms with Crippen LogP contribution in [0.15, 0.2) is 58.7 Å². The predicted octanol–water partition coefficient (Wildman–Crippen LogP) is 6.00. The molecule has 3 rings (SSSR count). The average molecular weight is 548 g/mol. The molecule has 0 fully saturated rings. The lowest BCUT2D eigenvalue weighted by Gasteiger charge is -2.12. The summed E-state index contributed by atoms with van der Waals surface area (Å²) >= 11 is 10.3. The normalized spacial score (nSPS) is 11.4. The molecule has 1 heterocycles. The number of carbonyl (C=O) groups excluding carboxylic acids is 1. The fraction of sp³-hybridized carbons (Fsp3) is 0.150. The van der Waals surface area contributed by atoms with Crippen LogP contribution in [-0.2, 0) is 17.5 Å². The molecule has 0 aliphatic rings. The molecule has 12 heteroatoms. The molecule has 0 spiro atoms. The van der Waals surface area contributed by atoms with Crippen molar-refractivity contribution in [2.45, 2.75) is 17.9 Å². The zero-order valence-corrected chi connectivity index (χ0v) is 19.3. The Balaban J connectivity index is 1.78. The minimum Gasteiger partial charge on any atom is -0.507 e. The number of rotatable bonds is 7. The second kappa shape index (κ2) is 9.97. The van der Waals surface area contributed by atoms with Gasteiger partial charge in [0, 0.05) is 11.0 Å². The van der Waals surface area contributed by atoms with Crippen molar-refractivity contribution in [3.05, 3.63) is 64.1 Å². The topological polar surface area (TPSA) is 80.0 Å². The van der Waals surface area contributed by atoms with Gasteiger partial charge in [0.25, 0.3) is 0 Å². The first-order valence-corrected chi connectivity index (χ1v) is 11.1. The number of halogens is 5. The summed E-state index contributed by atoms with van der Waals surface area (Å²) in [6.45, 7) is 4.00. The first-order chi connectivity index (χ1) is 15.1. The first-order valence-electron chi connectivity index (χ1n) is 8.92. The summed E-state index contributed by atoms with van der Waals surface area (Å²) in [4.78, 5) is 12.3. The number of nitrogens with zero attached hydrogens (tertiary/aromatic N) is 3. The van der Waals surface area contributed by atoms with Gasteiger partial charge in [-0.15, -0.1) is 16.8 Å². The van der Waals surface area contributed by atoms with Gasteiger partial charge in [0.15, 0.2) is 11.0 Å². The van der Waals surface area contributed by atoms with Gasteiger partial charge >= 0.3 is 6.18 Å². The smallest absolute Gasteiger partial charge is 0.416 e. The number of alkyl halides is 3. The fourth-order valence-electron chi connectivity index (χ4n) is 2.69. The fourth-order valence-corrected chi connectivity index (χ4v) is 3.96. The minimum absolute atomic E-state index is 0.000561. The van der Waals surface area contributed by atoms with Crippen LogP contribution in [0.2, 0.25) is 5.02 Å². The van der Waals surface area contributed by atoms with Gasteiger partial charge < -0.3 is 10.4 Å². The van der Waals surface area contributed by atoms with Gasteiger partial charge in [0.05, 0.1) is 27.6 Å². The molecule has 0 saturated carbocycles. The van der Waals surface area contributed by atoms with Gasteiger partial charge in [0.2, 0.25) is 5.91 Å². The number of phenolic OH excluding ortho intramolecular Hbond substituents is 1. The van der Waals surface area contributed by atoms with E-state index < -0.39 is 17.6 Å². The molecule has 32 heavy (non-hydrogen) atoms. The summed E-state index contributed by atoms with van der Waals surface area (Å²) in [5.74, 6) is -0.366. The molecular formula is C20H15BrClF3N4O2S. The van der Waals surface area contributed by atoms with Gasteiger partial charge in [-0.3, -0.25) is 9.36 Å². The summed E-state index contributed by atoms with van der Waals surface area (Å²) < 4.78 is 41.1. The van der Waals surface area contributed by atoms with Crippen molar-refractivity contribution in [2.75, 3.05) is 11.1 Å². The summed E-state index contributed by atoms with van der Waals surface area (Å²) in [6.07, 6.45) is -2.96. The van der Waals surface area contributed by atoms with Gasteiger partial charge in [-0.2, -0.15) is 13.2 Å². The van der Waals surface area contributed by atoms with Crippen LogP contribution in [0.4, 0.5) is 18.9 Å². The number of allylic oxidation sites excluding steroid dienone is 1. The van der Waals surface area contributed by atoms with Crippen LogP contribution in [-0.4, -0.2) is 31.5 Å². The second-order valence-corrected chi connectivity index (χ2v) is 8.66. The minimum atomic E-state index is -4.56. The monoisotopic (exact) mass is 546 g/mol. The highest BCUT2D eigenvalue weighted by Crippen LogP contribution is 2.35. The lowest BCUT2D eigenvalue weighted by atomic mass is 10.2. The molecule has 2 aromatic carbocycles. The van der Waals surface area contributed by atoms with Crippen LogP contribution >= 0.6 is 39.3 Å². The number of phenols is 1. The Morgan fingerprint density at radius 2 is 2.03 bits per heavy atom. The van der Waals surface area contributed by atoms with Gasteiger partial charge in [-0.05, 0) is 36.4 Å². The van der Waals surface area contributed by atoms with Crippen LogP contribution in [0.5, 0.6) is 5.75 Å². The summed E-state index contributed by atoms with van der Waals surface area (Å²) in [5, 5.41) is 21.1. The highest BCUT2D eigenvalue weighted by Gasteiger charge is 2.31. The van der Waals surface area contributed by atoms with Crippen molar-refractivity contribution in [2.24, 2.45) is 0 Å². The zero-order chi connectivity index (χ0) is 23.5. The predicted molar refractivity (Wildman–Crippen MR) is 121 cm³/mol. The van der Waals surface area contributed by atoms with E-state index in [-0.39, 0.29) is 22.2 Å². The molecule has 0 unspecified atom stereocenters. The van der Waals surface area contributed by atoms with E-state index in [1.165, 1.54) is 6.07 Å². The second-order valence-electron chi connectivity index (χ2n) is 6.40. The maximum atomic E-state index is 12.9. The summed E-state index contributed by atoms with van der Waals surface area (Å²) in [5.41, 5.74) is -0.630. The quantitative estimate of drug-likeness (QED) is 0.280. The molecular weight excluding hydrogens is 533 g/mol. The third-order valence-electron chi connectivity index (χ3n) is 4.13. The van der Waals surface area contributed by atoms with E-state index in [2.05, 4.69) is 38.0 Å². The lowest BCUT2D eigenvalue weighted by Crippen LogP contribution is -2.16. The molecule has 0 saturated heterocycles. The third kappa shape index (κ3) is 5.64. The van der Waals surface area contributed by atoms with Crippen molar-refractivity contribution in [3.63, 3.8) is 0 Å². The summed E-state index contributed by atoms with van der Waals surface area (Å²) in [7, 11) is 0. The van der Waals surface area contributed by atoms with Crippen LogP contribution < -0.4 is 5.32 Å². The third-order valence-corrected chi connectivity index (χ3v) is 5.92. The SMILES string of the molecule is C=CCn1c(SCC(=O)Nc2cc(C(F)(F)F)ccc2Cl)nnc1-c1cc(Br)ccc1O. The number of aromatic nitrogens is 3. The van der Waals surface area contributed by atoms with E-state index in [4.69, 9.17) is 11.6 Å². The number of thioether (sulfide) groups is 1. The van der Waals surface area contributed by atoms with Gasteiger partial charge in [0.1, 0.15) is 5.75 Å². The van der Waals surface area contributed by atoms with Crippen molar-refractivity contribution >= 4 is 50.9 Å². The molecule has 2 N–H and O–H groups in total. The largest absolute Gasteiger partial charge is 0.507 e. The Bertz CT molecular complexity index is 1170. The molecule has 0 bridgehead atoms. The van der Waals surface area contributed by atoms with E-state index in [0.717, 1.165) is 34.4 Å². The van der Waals surface area contributed by atoms with Crippen LogP contribution in [0.3, 0.4) is 0 Å². The van der Waals surface area contributed by atoms with Crippen molar-refractivity contribution in [1.29, 1.82) is 0 Å². The Hall–Kier alpha value is -2.50. The van der Waals surface area contributed by atoms with E-state index >= 15 is 0 Å². The highest BCUT2D eigenvalue weighted by molar-refractivity contribution is 9.10. The average Bonchev–Trinajstić information content (AvgIpc) is 3.12. The molecule has 168 valence electrons. The number of anilines is 1. The van der Waals surface area contributed by atoms with Gasteiger partial charge in [-0.25, -0.2) is 0 Å². The Morgan fingerprint density at radius 3 is 2.72 bits per heavy atom. The maximum absolute atomic E-state index is 12.9. The Morgan fingerprint density at radius 1 is 1.28 bits per heavy atom. The molecule has 1 amide bonds. The van der Waals surface area contributed by atoms with Crippen LogP contribution in [0.25, 0.3) is 11.4 Å². The number of nitrogens with one attached hydrogen (secondary N) is 1. The number of hydrogen-bond donors (Lipinski definition) is 2. The van der Waals surface area contributed by atoms with Crippen LogP contribution in [0.1, 0.15) is 5.56 Å². The zero-order valence-electron chi connectivity index (χ0n) is 16.2. The maximum Gasteiger partial charge on any atom is 0.416 e. The van der Waals surface area contributed by atoms with Gasteiger partial charge in [-0.1, -0.05) is 45.4 Å². The molecule has 0 aliphatic heterocycles. The van der Waals surface area contributed by atoms with E-state index in [9.17, 15) is 23.1 Å². The number of carbonyl (C=O) groups is 1. The lowest BCUT2D eigenvalue weighted by molar-refractivity contribution is -0.137. The number of amides is 1. The van der Waals surface area contributed by atoms with E-state index in [0.29, 0.717) is 23.1 Å². The summed E-state index contributed by atoms with van der Waals surface area (Å²) in [6, 6.07) is 7.54. The highest BCUT2D eigenvalue weighted by atomic mass is 79.9. The molecule has 6 nitrogen and oxygen atoms in total. The molecule has 0 aliphatic carbocycles.